The van der Waals surface area contributed by atoms with Crippen LogP contribution in [0.4, 0.5) is 13.2 Å². The largest absolute Gasteiger partial charge is 0.433 e. The highest BCUT2D eigenvalue weighted by atomic mass is 19.4. The maximum atomic E-state index is 12.5. The van der Waals surface area contributed by atoms with Crippen molar-refractivity contribution in [3.8, 4) is 0 Å². The van der Waals surface area contributed by atoms with Gasteiger partial charge in [0.15, 0.2) is 0 Å². The molecule has 0 aliphatic rings. The van der Waals surface area contributed by atoms with Gasteiger partial charge in [-0.25, -0.2) is 4.98 Å². The number of amides is 1. The Kier molecular flexibility index (Phi) is 4.11. The normalized spacial score (nSPS) is 11.3. The number of rotatable bonds is 4. The highest BCUT2D eigenvalue weighted by Gasteiger charge is 2.33. The fourth-order valence-electron chi connectivity index (χ4n) is 1.49. The van der Waals surface area contributed by atoms with Crippen LogP contribution in [0.3, 0.4) is 0 Å². The number of halogens is 3. The van der Waals surface area contributed by atoms with Crippen molar-refractivity contribution in [2.24, 2.45) is 5.73 Å². The lowest BCUT2D eigenvalue weighted by Gasteiger charge is -2.12. The van der Waals surface area contributed by atoms with Gasteiger partial charge in [-0.15, -0.1) is 0 Å². The quantitative estimate of drug-likeness (QED) is 0.844. The first kappa shape index (κ1) is 14.2. The van der Waals surface area contributed by atoms with Crippen LogP contribution in [0.2, 0.25) is 0 Å². The minimum absolute atomic E-state index is 0.0281. The second-order valence-corrected chi connectivity index (χ2v) is 3.78. The first-order chi connectivity index (χ1) is 8.27. The topological polar surface area (TPSA) is 56.0 Å². The van der Waals surface area contributed by atoms with E-state index in [0.29, 0.717) is 12.8 Å². The van der Waals surface area contributed by atoms with E-state index in [1.165, 1.54) is 6.07 Å². The van der Waals surface area contributed by atoms with E-state index < -0.39 is 17.8 Å². The van der Waals surface area contributed by atoms with Gasteiger partial charge < -0.3 is 5.73 Å². The molecule has 18 heavy (non-hydrogen) atoms. The lowest BCUT2D eigenvalue weighted by molar-refractivity contribution is -0.141. The molecule has 0 saturated carbocycles. The number of nitrogens with two attached hydrogens (primary N) is 1. The number of pyridine rings is 1. The predicted octanol–water partition coefficient (Wildman–Crippen LogP) is 2.55. The molecule has 0 fully saturated rings. The predicted molar refractivity (Wildman–Crippen MR) is 61.5 cm³/mol. The molecule has 1 aromatic rings. The van der Waals surface area contributed by atoms with E-state index in [9.17, 15) is 18.0 Å². The average molecular weight is 258 g/mol. The van der Waals surface area contributed by atoms with Gasteiger partial charge in [-0.05, 0) is 12.5 Å². The van der Waals surface area contributed by atoms with Gasteiger partial charge in [0, 0.05) is 16.8 Å². The van der Waals surface area contributed by atoms with Crippen molar-refractivity contribution in [1.82, 2.24) is 4.98 Å². The van der Waals surface area contributed by atoms with Crippen molar-refractivity contribution in [3.05, 3.63) is 35.7 Å². The molecule has 0 aliphatic carbocycles. The Morgan fingerprint density at radius 3 is 2.50 bits per heavy atom. The number of carbonyl (C=O) groups is 1. The van der Waals surface area contributed by atoms with Crippen LogP contribution in [0.1, 0.15) is 30.3 Å². The molecule has 0 radical (unpaired) electrons. The molecule has 0 bridgehead atoms. The molecular formula is C12H13F3N2O. The summed E-state index contributed by atoms with van der Waals surface area (Å²) in [4.78, 5) is 14.6. The molecule has 0 aromatic carbocycles. The minimum atomic E-state index is -4.50. The first-order valence-corrected chi connectivity index (χ1v) is 5.33. The number of hydrogen-bond acceptors (Lipinski definition) is 2. The summed E-state index contributed by atoms with van der Waals surface area (Å²) in [5.74, 6) is -0.770. The van der Waals surface area contributed by atoms with Crippen LogP contribution in [0.5, 0.6) is 0 Å². The molecule has 0 aliphatic heterocycles. The van der Waals surface area contributed by atoms with Gasteiger partial charge in [0.1, 0.15) is 5.69 Å². The van der Waals surface area contributed by atoms with Gasteiger partial charge in [-0.3, -0.25) is 4.79 Å². The summed E-state index contributed by atoms with van der Waals surface area (Å²) in [5, 5.41) is 0. The second kappa shape index (κ2) is 5.20. The van der Waals surface area contributed by atoms with E-state index >= 15 is 0 Å². The Hall–Kier alpha value is -1.85. The van der Waals surface area contributed by atoms with Crippen molar-refractivity contribution >= 4 is 11.5 Å². The summed E-state index contributed by atoms with van der Waals surface area (Å²) in [6, 6.07) is 2.01. The minimum Gasteiger partial charge on any atom is -0.366 e. The summed E-state index contributed by atoms with van der Waals surface area (Å²) in [7, 11) is 0. The Morgan fingerprint density at radius 1 is 1.44 bits per heavy atom. The van der Waals surface area contributed by atoms with Gasteiger partial charge in [-0.1, -0.05) is 26.0 Å². The van der Waals surface area contributed by atoms with Gasteiger partial charge in [-0.2, -0.15) is 13.2 Å². The summed E-state index contributed by atoms with van der Waals surface area (Å²) in [6.07, 6.45) is -3.58. The van der Waals surface area contributed by atoms with E-state index in [4.69, 9.17) is 5.73 Å². The number of primary amides is 1. The number of aryl methyl sites for hydroxylation is 1. The third kappa shape index (κ3) is 3.09. The molecule has 1 amide bonds. The van der Waals surface area contributed by atoms with Gasteiger partial charge >= 0.3 is 6.18 Å². The number of nitrogens with zero attached hydrogens (tertiary/aromatic N) is 1. The zero-order valence-corrected chi connectivity index (χ0v) is 9.84. The first-order valence-electron chi connectivity index (χ1n) is 5.33. The molecule has 0 spiro atoms. The van der Waals surface area contributed by atoms with Gasteiger partial charge in [0.25, 0.3) is 0 Å². The van der Waals surface area contributed by atoms with Crippen molar-refractivity contribution < 1.29 is 18.0 Å². The Morgan fingerprint density at radius 2 is 2.06 bits per heavy atom. The average Bonchev–Trinajstić information content (AvgIpc) is 2.27. The molecule has 2 N–H and O–H groups in total. The lowest BCUT2D eigenvalue weighted by Crippen LogP contribution is -2.16. The fourth-order valence-corrected chi connectivity index (χ4v) is 1.49. The molecule has 1 heterocycles. The van der Waals surface area contributed by atoms with Crippen LogP contribution < -0.4 is 5.73 Å². The molecule has 1 aromatic heterocycles. The van der Waals surface area contributed by atoms with Crippen molar-refractivity contribution in [2.75, 3.05) is 0 Å². The number of aromatic nitrogens is 1. The SMILES string of the molecule is C=C(C(N)=O)c1ccc(C(F)(F)F)nc1CCC. The van der Waals surface area contributed by atoms with Crippen LogP contribution in [0, 0.1) is 0 Å². The highest BCUT2D eigenvalue weighted by Crippen LogP contribution is 2.29. The van der Waals surface area contributed by atoms with Crippen LogP contribution in [0.15, 0.2) is 18.7 Å². The summed E-state index contributed by atoms with van der Waals surface area (Å²) >= 11 is 0. The molecule has 3 nitrogen and oxygen atoms in total. The maximum absolute atomic E-state index is 12.5. The monoisotopic (exact) mass is 258 g/mol. The van der Waals surface area contributed by atoms with Gasteiger partial charge in [0.2, 0.25) is 5.91 Å². The third-order valence-electron chi connectivity index (χ3n) is 2.37. The highest BCUT2D eigenvalue weighted by molar-refractivity contribution is 6.18. The molecule has 0 saturated heterocycles. The van der Waals surface area contributed by atoms with E-state index in [1.807, 2.05) is 0 Å². The van der Waals surface area contributed by atoms with Crippen LogP contribution >= 0.6 is 0 Å². The Balaban J connectivity index is 3.29. The zero-order valence-electron chi connectivity index (χ0n) is 9.84. The molecule has 1 rings (SSSR count). The maximum Gasteiger partial charge on any atom is 0.433 e. The van der Waals surface area contributed by atoms with Crippen molar-refractivity contribution in [2.45, 2.75) is 25.9 Å². The second-order valence-electron chi connectivity index (χ2n) is 3.78. The summed E-state index contributed by atoms with van der Waals surface area (Å²) in [6.45, 7) is 5.27. The van der Waals surface area contributed by atoms with Crippen LogP contribution in [-0.2, 0) is 17.4 Å². The Labute approximate surface area is 103 Å². The van der Waals surface area contributed by atoms with E-state index in [0.717, 1.165) is 6.07 Å². The van der Waals surface area contributed by atoms with Crippen LogP contribution in [0.25, 0.3) is 5.57 Å². The lowest BCUT2D eigenvalue weighted by atomic mass is 10.0. The molecular weight excluding hydrogens is 245 g/mol. The number of alkyl halides is 3. The van der Waals surface area contributed by atoms with Gasteiger partial charge in [0.05, 0.1) is 0 Å². The van der Waals surface area contributed by atoms with Crippen LogP contribution in [-0.4, -0.2) is 10.9 Å². The van der Waals surface area contributed by atoms with Crippen molar-refractivity contribution in [3.63, 3.8) is 0 Å². The number of carbonyl (C=O) groups excluding carboxylic acids is 1. The van der Waals surface area contributed by atoms with E-state index in [-0.39, 0.29) is 16.8 Å². The molecule has 98 valence electrons. The smallest absolute Gasteiger partial charge is 0.366 e. The Bertz CT molecular complexity index is 481. The standard InChI is InChI=1S/C12H13F3N2O/c1-3-4-9-8(7(2)11(16)18)5-6-10(17-9)12(13,14)15/h5-6H,2-4H2,1H3,(H2,16,18). The van der Waals surface area contributed by atoms with E-state index in [2.05, 4.69) is 11.6 Å². The molecule has 6 heteroatoms. The summed E-state index contributed by atoms with van der Waals surface area (Å²) < 4.78 is 37.6. The zero-order chi connectivity index (χ0) is 13.9. The fraction of sp³-hybridized carbons (Fsp3) is 0.333. The number of hydrogen-bond donors (Lipinski definition) is 1. The van der Waals surface area contributed by atoms with Crippen molar-refractivity contribution in [1.29, 1.82) is 0 Å². The summed E-state index contributed by atoms with van der Waals surface area (Å²) in [5.41, 5.74) is 4.53. The molecule has 0 unspecified atom stereocenters. The molecule has 0 atom stereocenters. The third-order valence-corrected chi connectivity index (χ3v) is 2.37. The van der Waals surface area contributed by atoms with E-state index in [1.54, 1.807) is 6.92 Å².